The SMILES string of the molecule is CCCCCOCC(=O)Nc1cnn(CCN(C)C)c1. The van der Waals surface area contributed by atoms with Crippen molar-refractivity contribution in [1.29, 1.82) is 0 Å². The van der Waals surface area contributed by atoms with E-state index in [1.54, 1.807) is 6.20 Å². The van der Waals surface area contributed by atoms with Gasteiger partial charge in [0, 0.05) is 19.3 Å². The number of nitrogens with one attached hydrogen (secondary N) is 1. The number of hydrogen-bond acceptors (Lipinski definition) is 4. The Morgan fingerprint density at radius 1 is 1.45 bits per heavy atom. The molecular weight excluding hydrogens is 256 g/mol. The summed E-state index contributed by atoms with van der Waals surface area (Å²) in [6.07, 6.45) is 6.79. The summed E-state index contributed by atoms with van der Waals surface area (Å²) in [5.74, 6) is -0.131. The Morgan fingerprint density at radius 3 is 2.95 bits per heavy atom. The first kappa shape index (κ1) is 16.7. The van der Waals surface area contributed by atoms with Gasteiger partial charge in [0.25, 0.3) is 0 Å². The normalized spacial score (nSPS) is 11.0. The second-order valence-corrected chi connectivity index (χ2v) is 5.10. The Hall–Kier alpha value is -1.40. The summed E-state index contributed by atoms with van der Waals surface area (Å²) < 4.78 is 7.13. The number of anilines is 1. The van der Waals surface area contributed by atoms with Crippen LogP contribution in [0.4, 0.5) is 5.69 Å². The number of aromatic nitrogens is 2. The van der Waals surface area contributed by atoms with E-state index in [-0.39, 0.29) is 12.5 Å². The van der Waals surface area contributed by atoms with Crippen molar-refractivity contribution < 1.29 is 9.53 Å². The monoisotopic (exact) mass is 282 g/mol. The van der Waals surface area contributed by atoms with E-state index in [0.717, 1.165) is 32.4 Å². The van der Waals surface area contributed by atoms with E-state index >= 15 is 0 Å². The van der Waals surface area contributed by atoms with Crippen molar-refractivity contribution in [2.45, 2.75) is 32.7 Å². The number of hydrogen-bond donors (Lipinski definition) is 1. The average Bonchev–Trinajstić information content (AvgIpc) is 2.83. The Kier molecular flexibility index (Phi) is 7.91. The van der Waals surface area contributed by atoms with Crippen LogP contribution in [0.1, 0.15) is 26.2 Å². The van der Waals surface area contributed by atoms with Gasteiger partial charge in [0.15, 0.2) is 0 Å². The highest BCUT2D eigenvalue weighted by Crippen LogP contribution is 2.04. The molecule has 1 rings (SSSR count). The van der Waals surface area contributed by atoms with Crippen LogP contribution in [0.15, 0.2) is 12.4 Å². The second kappa shape index (κ2) is 9.50. The van der Waals surface area contributed by atoms with E-state index in [1.165, 1.54) is 0 Å². The van der Waals surface area contributed by atoms with Gasteiger partial charge in [-0.05, 0) is 20.5 Å². The molecule has 6 heteroatoms. The Balaban J connectivity index is 2.21. The van der Waals surface area contributed by atoms with E-state index in [4.69, 9.17) is 4.74 Å². The predicted octanol–water partition coefficient (Wildman–Crippen LogP) is 1.59. The van der Waals surface area contributed by atoms with Crippen LogP contribution >= 0.6 is 0 Å². The molecule has 20 heavy (non-hydrogen) atoms. The van der Waals surface area contributed by atoms with Gasteiger partial charge in [-0.15, -0.1) is 0 Å². The van der Waals surface area contributed by atoms with Gasteiger partial charge in [-0.1, -0.05) is 19.8 Å². The molecule has 1 aromatic rings. The molecule has 0 bridgehead atoms. The number of likely N-dealkylation sites (N-methyl/N-ethyl adjacent to an activating group) is 1. The van der Waals surface area contributed by atoms with Crippen molar-refractivity contribution in [1.82, 2.24) is 14.7 Å². The summed E-state index contributed by atoms with van der Waals surface area (Å²) in [4.78, 5) is 13.7. The fourth-order valence-corrected chi connectivity index (χ4v) is 1.67. The molecule has 6 nitrogen and oxygen atoms in total. The van der Waals surface area contributed by atoms with Gasteiger partial charge in [0.05, 0.1) is 18.4 Å². The molecule has 0 aromatic carbocycles. The molecule has 0 saturated carbocycles. The van der Waals surface area contributed by atoms with Crippen LogP contribution in [0, 0.1) is 0 Å². The molecule has 0 aliphatic heterocycles. The number of carbonyl (C=O) groups is 1. The lowest BCUT2D eigenvalue weighted by atomic mass is 10.3. The zero-order valence-electron chi connectivity index (χ0n) is 12.8. The average molecular weight is 282 g/mol. The maximum atomic E-state index is 11.6. The van der Waals surface area contributed by atoms with Crippen LogP contribution in [0.3, 0.4) is 0 Å². The van der Waals surface area contributed by atoms with Gasteiger partial charge < -0.3 is 15.0 Å². The van der Waals surface area contributed by atoms with Crippen molar-refractivity contribution in [3.05, 3.63) is 12.4 Å². The zero-order chi connectivity index (χ0) is 14.8. The summed E-state index contributed by atoms with van der Waals surface area (Å²) in [5.41, 5.74) is 0.714. The lowest BCUT2D eigenvalue weighted by Crippen LogP contribution is -2.19. The van der Waals surface area contributed by atoms with E-state index < -0.39 is 0 Å². The van der Waals surface area contributed by atoms with Gasteiger partial charge in [0.2, 0.25) is 5.91 Å². The molecule has 0 aliphatic rings. The standard InChI is InChI=1S/C14H26N4O2/c1-4-5-6-9-20-12-14(19)16-13-10-15-18(11-13)8-7-17(2)3/h10-11H,4-9,12H2,1-3H3,(H,16,19). The third-order valence-corrected chi connectivity index (χ3v) is 2.82. The second-order valence-electron chi connectivity index (χ2n) is 5.10. The number of unbranched alkanes of at least 4 members (excludes halogenated alkanes) is 2. The third kappa shape index (κ3) is 7.25. The van der Waals surface area contributed by atoms with Crippen molar-refractivity contribution >= 4 is 11.6 Å². The zero-order valence-corrected chi connectivity index (χ0v) is 12.8. The minimum absolute atomic E-state index is 0.104. The molecule has 1 N–H and O–H groups in total. The molecule has 0 saturated heterocycles. The number of amides is 1. The fraction of sp³-hybridized carbons (Fsp3) is 0.714. The highest BCUT2D eigenvalue weighted by molar-refractivity contribution is 5.91. The quantitative estimate of drug-likeness (QED) is 0.662. The van der Waals surface area contributed by atoms with Crippen molar-refractivity contribution in [2.24, 2.45) is 0 Å². The maximum absolute atomic E-state index is 11.6. The molecule has 0 radical (unpaired) electrons. The highest BCUT2D eigenvalue weighted by Gasteiger charge is 2.05. The Bertz CT molecular complexity index is 390. The topological polar surface area (TPSA) is 59.4 Å². The molecule has 0 atom stereocenters. The number of rotatable bonds is 10. The third-order valence-electron chi connectivity index (χ3n) is 2.82. The van der Waals surface area contributed by atoms with Crippen LogP contribution in [0.5, 0.6) is 0 Å². The summed E-state index contributed by atoms with van der Waals surface area (Å²) in [7, 11) is 4.03. The van der Waals surface area contributed by atoms with Crippen LogP contribution in [-0.2, 0) is 16.1 Å². The van der Waals surface area contributed by atoms with Crippen LogP contribution in [-0.4, -0.2) is 54.4 Å². The largest absolute Gasteiger partial charge is 0.372 e. The molecule has 114 valence electrons. The Labute approximate surface area is 121 Å². The summed E-state index contributed by atoms with van der Waals surface area (Å²) in [5, 5.41) is 6.98. The van der Waals surface area contributed by atoms with E-state index in [2.05, 4.69) is 22.2 Å². The number of ether oxygens (including phenoxy) is 1. The molecular formula is C14H26N4O2. The molecule has 0 aliphatic carbocycles. The lowest BCUT2D eigenvalue weighted by Gasteiger charge is -2.08. The minimum Gasteiger partial charge on any atom is -0.372 e. The first-order valence-corrected chi connectivity index (χ1v) is 7.16. The van der Waals surface area contributed by atoms with Gasteiger partial charge in [-0.25, -0.2) is 0 Å². The Morgan fingerprint density at radius 2 is 2.25 bits per heavy atom. The molecule has 1 amide bonds. The maximum Gasteiger partial charge on any atom is 0.250 e. The summed E-state index contributed by atoms with van der Waals surface area (Å²) in [6.45, 7) is 4.60. The summed E-state index contributed by atoms with van der Waals surface area (Å²) in [6, 6.07) is 0. The van der Waals surface area contributed by atoms with Crippen LogP contribution in [0.2, 0.25) is 0 Å². The fourth-order valence-electron chi connectivity index (χ4n) is 1.67. The molecule has 0 fully saturated rings. The van der Waals surface area contributed by atoms with E-state index in [9.17, 15) is 4.79 Å². The molecule has 0 spiro atoms. The van der Waals surface area contributed by atoms with Gasteiger partial charge in [-0.2, -0.15) is 5.10 Å². The van der Waals surface area contributed by atoms with Crippen LogP contribution < -0.4 is 5.32 Å². The van der Waals surface area contributed by atoms with Gasteiger partial charge >= 0.3 is 0 Å². The number of carbonyl (C=O) groups excluding carboxylic acids is 1. The summed E-state index contributed by atoms with van der Waals surface area (Å²) >= 11 is 0. The van der Waals surface area contributed by atoms with Gasteiger partial charge in [-0.3, -0.25) is 9.48 Å². The van der Waals surface area contributed by atoms with E-state index in [1.807, 2.05) is 25.0 Å². The predicted molar refractivity (Wildman–Crippen MR) is 79.8 cm³/mol. The lowest BCUT2D eigenvalue weighted by molar-refractivity contribution is -0.120. The molecule has 1 aromatic heterocycles. The highest BCUT2D eigenvalue weighted by atomic mass is 16.5. The molecule has 0 unspecified atom stereocenters. The van der Waals surface area contributed by atoms with Gasteiger partial charge in [0.1, 0.15) is 6.61 Å². The first-order chi connectivity index (χ1) is 9.61. The minimum atomic E-state index is -0.131. The van der Waals surface area contributed by atoms with Crippen molar-refractivity contribution in [3.63, 3.8) is 0 Å². The van der Waals surface area contributed by atoms with E-state index in [0.29, 0.717) is 12.3 Å². The van der Waals surface area contributed by atoms with Crippen molar-refractivity contribution in [3.8, 4) is 0 Å². The van der Waals surface area contributed by atoms with Crippen LogP contribution in [0.25, 0.3) is 0 Å². The first-order valence-electron chi connectivity index (χ1n) is 7.16. The number of nitrogens with zero attached hydrogens (tertiary/aromatic N) is 3. The smallest absolute Gasteiger partial charge is 0.250 e. The van der Waals surface area contributed by atoms with Crippen molar-refractivity contribution in [2.75, 3.05) is 39.2 Å². The molecule has 1 heterocycles.